The minimum atomic E-state index is -0.708. The fourth-order valence-corrected chi connectivity index (χ4v) is 7.56. The van der Waals surface area contributed by atoms with Gasteiger partial charge in [-0.25, -0.2) is 0 Å². The van der Waals surface area contributed by atoms with Crippen molar-refractivity contribution < 1.29 is 24.3 Å². The predicted molar refractivity (Wildman–Crippen MR) is 152 cm³/mol. The lowest BCUT2D eigenvalue weighted by atomic mass is 9.59. The molecule has 7 heteroatoms. The lowest BCUT2D eigenvalue weighted by Gasteiger charge is -2.42. The van der Waals surface area contributed by atoms with E-state index in [0.29, 0.717) is 23.1 Å². The Morgan fingerprint density at radius 1 is 0.875 bits per heavy atom. The van der Waals surface area contributed by atoms with Crippen LogP contribution >= 0.6 is 15.9 Å². The van der Waals surface area contributed by atoms with Crippen LogP contribution < -0.4 is 0 Å². The van der Waals surface area contributed by atoms with Crippen LogP contribution in [-0.2, 0) is 25.7 Å². The number of halogens is 1. The maximum atomic E-state index is 13.9. The van der Waals surface area contributed by atoms with Crippen LogP contribution in [0.5, 0.6) is 5.75 Å². The van der Waals surface area contributed by atoms with Gasteiger partial charge in [-0.05, 0) is 57.1 Å². The second kappa shape index (κ2) is 9.24. The van der Waals surface area contributed by atoms with Crippen LogP contribution in [0.25, 0.3) is 10.8 Å². The largest absolute Gasteiger partial charge is 0.508 e. The summed E-state index contributed by atoms with van der Waals surface area (Å²) in [5.74, 6) is -3.34. The van der Waals surface area contributed by atoms with E-state index in [9.17, 15) is 24.3 Å². The molecule has 1 N–H and O–H groups in total. The van der Waals surface area contributed by atoms with Crippen molar-refractivity contribution in [1.82, 2.24) is 4.90 Å². The molecule has 1 fully saturated rings. The van der Waals surface area contributed by atoms with Gasteiger partial charge in [0.2, 0.25) is 11.8 Å². The number of imide groups is 1. The highest BCUT2D eigenvalue weighted by Gasteiger charge is 2.56. The number of phenolic OH excluding ortho intramolecular Hbond substituents is 1. The van der Waals surface area contributed by atoms with Gasteiger partial charge in [0, 0.05) is 28.7 Å². The van der Waals surface area contributed by atoms with Gasteiger partial charge in [0.1, 0.15) is 5.75 Å². The fraction of sp³-hybridized carbons (Fsp3) is 0.212. The van der Waals surface area contributed by atoms with Gasteiger partial charge in [0.15, 0.2) is 11.6 Å². The number of fused-ring (bicyclic) bond motifs is 4. The molecule has 4 aliphatic rings. The number of Topliss-reactive ketones (excluding diaryl/α,β-unsaturated/α-hetero) is 1. The van der Waals surface area contributed by atoms with E-state index in [1.807, 2.05) is 66.7 Å². The Morgan fingerprint density at radius 3 is 2.42 bits per heavy atom. The van der Waals surface area contributed by atoms with Crippen molar-refractivity contribution in [3.8, 4) is 5.75 Å². The first-order valence-electron chi connectivity index (χ1n) is 13.3. The van der Waals surface area contributed by atoms with Gasteiger partial charge in [-0.2, -0.15) is 0 Å². The Bertz CT molecular complexity index is 1750. The highest BCUT2D eigenvalue weighted by Crippen LogP contribution is 2.57. The topological polar surface area (TPSA) is 91.8 Å². The van der Waals surface area contributed by atoms with Crippen LogP contribution in [0, 0.1) is 17.8 Å². The second-order valence-electron chi connectivity index (χ2n) is 10.9. The Kier molecular flexibility index (Phi) is 5.75. The molecule has 0 radical (unpaired) electrons. The van der Waals surface area contributed by atoms with Gasteiger partial charge in [0.05, 0.1) is 22.9 Å². The Labute approximate surface area is 238 Å². The summed E-state index contributed by atoms with van der Waals surface area (Å²) in [7, 11) is 0. The van der Waals surface area contributed by atoms with Crippen molar-refractivity contribution in [2.45, 2.75) is 25.3 Å². The molecule has 2 amide bonds. The zero-order valence-corrected chi connectivity index (χ0v) is 22.9. The molecule has 0 aromatic heterocycles. The minimum Gasteiger partial charge on any atom is -0.508 e. The summed E-state index contributed by atoms with van der Waals surface area (Å²) in [4.78, 5) is 55.8. The van der Waals surface area contributed by atoms with Crippen molar-refractivity contribution in [2.24, 2.45) is 17.8 Å². The van der Waals surface area contributed by atoms with E-state index >= 15 is 0 Å². The first kappa shape index (κ1) is 24.9. The number of allylic oxidation sites excluding steroid dienone is 6. The van der Waals surface area contributed by atoms with Gasteiger partial charge in [-0.15, -0.1) is 0 Å². The standard InChI is InChI=1S/C33H24BrNO5/c34-24-15-26(37)29-23(31(24)38)14-22-20(30(29)28-19-9-5-4-8-18(19)10-13-25(28)36)11-12-21-27(22)33(40)35(32(21)39)16-17-6-2-1-3-7-17/h1-11,13,15,21-22,27,30,36H,12,14,16H2. The van der Waals surface area contributed by atoms with Crippen molar-refractivity contribution in [1.29, 1.82) is 0 Å². The first-order valence-corrected chi connectivity index (χ1v) is 14.1. The van der Waals surface area contributed by atoms with E-state index in [1.165, 1.54) is 11.0 Å². The molecular formula is C33H24BrNO5. The van der Waals surface area contributed by atoms with Gasteiger partial charge in [-0.3, -0.25) is 24.1 Å². The van der Waals surface area contributed by atoms with E-state index in [1.54, 1.807) is 6.07 Å². The van der Waals surface area contributed by atoms with Gasteiger partial charge in [-0.1, -0.05) is 72.3 Å². The molecule has 0 spiro atoms. The normalized spacial score (nSPS) is 26.0. The molecule has 1 heterocycles. The van der Waals surface area contributed by atoms with E-state index < -0.39 is 23.7 Å². The summed E-state index contributed by atoms with van der Waals surface area (Å²) in [6.07, 6.45) is 3.83. The lowest BCUT2D eigenvalue weighted by Crippen LogP contribution is -2.39. The van der Waals surface area contributed by atoms with E-state index in [0.717, 1.165) is 21.9 Å². The van der Waals surface area contributed by atoms with E-state index in [4.69, 9.17) is 0 Å². The summed E-state index contributed by atoms with van der Waals surface area (Å²) in [6, 6.07) is 20.5. The summed E-state index contributed by atoms with van der Waals surface area (Å²) in [6.45, 7) is 0.195. The Morgan fingerprint density at radius 2 is 1.62 bits per heavy atom. The number of hydrogen-bond acceptors (Lipinski definition) is 5. The number of phenols is 1. The van der Waals surface area contributed by atoms with Crippen LogP contribution in [0.3, 0.4) is 0 Å². The number of aromatic hydroxyl groups is 1. The number of carbonyl (C=O) groups is 4. The SMILES string of the molecule is O=C1C=C(Br)C(=O)C2=C1C(c1c(O)ccc3ccccc13)C1=CCC3C(=O)N(Cc4ccccc4)C(=O)C3C1C2. The number of carbonyl (C=O) groups excluding carboxylic acids is 4. The van der Waals surface area contributed by atoms with Crippen molar-refractivity contribution >= 4 is 50.1 Å². The fourth-order valence-electron chi connectivity index (χ4n) is 7.11. The Hall–Kier alpha value is -4.10. The van der Waals surface area contributed by atoms with Crippen molar-refractivity contribution in [3.63, 3.8) is 0 Å². The smallest absolute Gasteiger partial charge is 0.234 e. The summed E-state index contributed by atoms with van der Waals surface area (Å²) in [5, 5.41) is 12.9. The molecule has 4 atom stereocenters. The second-order valence-corrected chi connectivity index (χ2v) is 11.7. The van der Waals surface area contributed by atoms with Crippen molar-refractivity contribution in [2.75, 3.05) is 0 Å². The van der Waals surface area contributed by atoms with Crippen molar-refractivity contribution in [3.05, 3.63) is 111 Å². The first-order chi connectivity index (χ1) is 19.3. The summed E-state index contributed by atoms with van der Waals surface area (Å²) >= 11 is 3.26. The van der Waals surface area contributed by atoms with Crippen LogP contribution in [0.15, 0.2) is 100 Å². The number of amides is 2. The molecule has 3 aliphatic carbocycles. The molecule has 3 aromatic rings. The third-order valence-corrected chi connectivity index (χ3v) is 9.43. The molecule has 0 saturated carbocycles. The number of hydrogen-bond donors (Lipinski definition) is 1. The molecule has 40 heavy (non-hydrogen) atoms. The average molecular weight is 594 g/mol. The third-order valence-electron chi connectivity index (χ3n) is 8.84. The van der Waals surface area contributed by atoms with Crippen LogP contribution in [-0.4, -0.2) is 33.4 Å². The number of ketones is 2. The summed E-state index contributed by atoms with van der Waals surface area (Å²) < 4.78 is 0.177. The van der Waals surface area contributed by atoms with Gasteiger partial charge >= 0.3 is 0 Å². The Balaban J connectivity index is 1.39. The molecule has 6 nitrogen and oxygen atoms in total. The number of likely N-dealkylation sites (tertiary alicyclic amines) is 1. The predicted octanol–water partition coefficient (Wildman–Crippen LogP) is 5.51. The molecule has 7 rings (SSSR count). The highest BCUT2D eigenvalue weighted by molar-refractivity contribution is 9.12. The number of nitrogens with zero attached hydrogens (tertiary/aromatic N) is 1. The minimum absolute atomic E-state index is 0.0209. The van der Waals surface area contributed by atoms with Gasteiger partial charge in [0.25, 0.3) is 0 Å². The maximum Gasteiger partial charge on any atom is 0.234 e. The molecule has 1 aliphatic heterocycles. The molecular weight excluding hydrogens is 570 g/mol. The molecule has 4 unspecified atom stereocenters. The monoisotopic (exact) mass is 593 g/mol. The van der Waals surface area contributed by atoms with Crippen LogP contribution in [0.2, 0.25) is 0 Å². The maximum absolute atomic E-state index is 13.9. The van der Waals surface area contributed by atoms with Crippen LogP contribution in [0.1, 0.15) is 29.9 Å². The van der Waals surface area contributed by atoms with Crippen LogP contribution in [0.4, 0.5) is 0 Å². The van der Waals surface area contributed by atoms with E-state index in [2.05, 4.69) is 15.9 Å². The number of rotatable bonds is 3. The number of benzene rings is 3. The highest BCUT2D eigenvalue weighted by atomic mass is 79.9. The summed E-state index contributed by atoms with van der Waals surface area (Å²) in [5.41, 5.74) is 2.93. The molecule has 198 valence electrons. The zero-order valence-electron chi connectivity index (χ0n) is 21.3. The zero-order chi connectivity index (χ0) is 27.7. The third kappa shape index (κ3) is 3.60. The lowest BCUT2D eigenvalue weighted by molar-refractivity contribution is -0.140. The molecule has 0 bridgehead atoms. The molecule has 3 aromatic carbocycles. The quantitative estimate of drug-likeness (QED) is 0.246. The van der Waals surface area contributed by atoms with Gasteiger partial charge < -0.3 is 5.11 Å². The average Bonchev–Trinajstić information content (AvgIpc) is 3.20. The molecule has 1 saturated heterocycles. The van der Waals surface area contributed by atoms with E-state index in [-0.39, 0.29) is 46.6 Å².